The number of aryl methyl sites for hydroxylation is 2. The van der Waals surface area contributed by atoms with Gasteiger partial charge in [-0.3, -0.25) is 0 Å². The summed E-state index contributed by atoms with van der Waals surface area (Å²) in [5, 5.41) is 14.4. The Bertz CT molecular complexity index is 1210. The minimum absolute atomic E-state index is 0. The molecule has 2 aromatic rings. The number of rotatable bonds is 6. The zero-order valence-electron chi connectivity index (χ0n) is 26.1. The SMILES string of the molecule is C.Cc1ccc(NC(=O)NC2CCN(S(=O)(=O)C(C)C)CC2)cc1.Cc1ccc(NC(=O)NC2CCNCC2)cc1.[3H]P.[U]. The van der Waals surface area contributed by atoms with Crippen molar-refractivity contribution in [3.8, 4) is 0 Å². The molecule has 1 atom stereocenters. The van der Waals surface area contributed by atoms with Crippen LogP contribution in [-0.4, -0.2) is 69.6 Å². The van der Waals surface area contributed by atoms with Gasteiger partial charge in [0.05, 0.1) is 6.53 Å². The second-order valence-corrected chi connectivity index (χ2v) is 13.2. The number of hydrogen-bond acceptors (Lipinski definition) is 5. The summed E-state index contributed by atoms with van der Waals surface area (Å²) in [5.41, 5.74) is 3.90. The minimum Gasteiger partial charge on any atom is -0.335 e. The Balaban J connectivity index is 0.000000788. The summed E-state index contributed by atoms with van der Waals surface area (Å²) < 4.78 is 31.4. The number of anilines is 2. The van der Waals surface area contributed by atoms with Gasteiger partial charge in [0.2, 0.25) is 10.0 Å². The van der Waals surface area contributed by atoms with Gasteiger partial charge in [0, 0.05) is 67.7 Å². The van der Waals surface area contributed by atoms with Crippen LogP contribution in [0.25, 0.3) is 0 Å². The summed E-state index contributed by atoms with van der Waals surface area (Å²) in [6.45, 7) is 10.3. The van der Waals surface area contributed by atoms with E-state index in [0.29, 0.717) is 32.0 Å². The van der Waals surface area contributed by atoms with Crippen molar-refractivity contribution in [2.45, 2.75) is 78.1 Å². The molecule has 10 nitrogen and oxygen atoms in total. The molecule has 43 heavy (non-hydrogen) atoms. The molecule has 4 rings (SSSR count). The van der Waals surface area contributed by atoms with Crippen LogP contribution in [-0.2, 0) is 10.0 Å². The van der Waals surface area contributed by atoms with Crippen molar-refractivity contribution in [2.75, 3.05) is 36.8 Å². The normalized spacial score (nSPS) is 15.9. The molecule has 2 saturated heterocycles. The van der Waals surface area contributed by atoms with E-state index in [1.807, 2.05) is 62.4 Å². The van der Waals surface area contributed by atoms with E-state index in [2.05, 4.69) is 26.6 Å². The topological polar surface area (TPSA) is 132 Å². The van der Waals surface area contributed by atoms with Crippen molar-refractivity contribution < 1.29 is 49.1 Å². The molecular formula is C30H51N6O4PSU. The number of nitrogens with zero attached hydrogens (tertiary/aromatic N) is 1. The molecular weight excluding hydrogens is 809 g/mol. The Morgan fingerprint density at radius 2 is 1.19 bits per heavy atom. The summed E-state index contributed by atoms with van der Waals surface area (Å²) in [6, 6.07) is 15.3. The first-order valence-electron chi connectivity index (χ1n) is 14.6. The predicted octanol–water partition coefficient (Wildman–Crippen LogP) is 4.88. The molecule has 0 bridgehead atoms. The van der Waals surface area contributed by atoms with E-state index < -0.39 is 15.3 Å². The molecule has 13 heteroatoms. The molecule has 0 saturated carbocycles. The van der Waals surface area contributed by atoms with Gasteiger partial charge in [-0.15, -0.1) is 0 Å². The summed E-state index contributed by atoms with van der Waals surface area (Å²) in [7, 11) is -1.53. The number of benzene rings is 2. The van der Waals surface area contributed by atoms with E-state index in [-0.39, 0.29) is 56.6 Å². The van der Waals surface area contributed by atoms with E-state index in [0.717, 1.165) is 42.9 Å². The van der Waals surface area contributed by atoms with Gasteiger partial charge in [0.15, 0.2) is 0 Å². The Labute approximate surface area is 287 Å². The fraction of sp³-hybridized carbons (Fsp3) is 0.533. The maximum absolute atomic E-state index is 12.1. The predicted molar refractivity (Wildman–Crippen MR) is 179 cm³/mol. The van der Waals surface area contributed by atoms with E-state index in [1.165, 1.54) is 9.87 Å². The third-order valence-electron chi connectivity index (χ3n) is 7.04. The van der Waals surface area contributed by atoms with Crippen LogP contribution in [0, 0.1) is 45.0 Å². The fourth-order valence-corrected chi connectivity index (χ4v) is 5.81. The van der Waals surface area contributed by atoms with Gasteiger partial charge >= 0.3 is 12.1 Å². The molecule has 0 spiro atoms. The van der Waals surface area contributed by atoms with Crippen molar-refractivity contribution in [1.82, 2.24) is 20.3 Å². The molecule has 2 aromatic carbocycles. The van der Waals surface area contributed by atoms with Gasteiger partial charge in [-0.05, 0) is 90.7 Å². The number of amides is 4. The Kier molecular flexibility index (Phi) is 18.7. The fourth-order valence-electron chi connectivity index (χ4n) is 4.50. The first kappa shape index (κ1) is 39.4. The van der Waals surface area contributed by atoms with Crippen LogP contribution in [0.5, 0.6) is 0 Å². The van der Waals surface area contributed by atoms with Crippen LogP contribution in [0.4, 0.5) is 21.0 Å². The Morgan fingerprint density at radius 1 is 0.814 bits per heavy atom. The van der Waals surface area contributed by atoms with Gasteiger partial charge in [-0.2, -0.15) is 9.84 Å². The quantitative estimate of drug-likeness (QED) is 0.265. The third-order valence-corrected chi connectivity index (χ3v) is 9.31. The zero-order chi connectivity index (χ0) is 31.1. The van der Waals surface area contributed by atoms with Crippen LogP contribution in [0.3, 0.4) is 0 Å². The molecule has 5 N–H and O–H groups in total. The molecule has 1 unspecified atom stereocenters. The third kappa shape index (κ3) is 14.3. The van der Waals surface area contributed by atoms with E-state index in [4.69, 9.17) is 1.28 Å². The van der Waals surface area contributed by atoms with Gasteiger partial charge in [-0.25, -0.2) is 22.3 Å². The zero-order valence-corrected chi connectivity index (χ0v) is 31.2. The maximum atomic E-state index is 12.1. The van der Waals surface area contributed by atoms with Crippen LogP contribution in [0.2, 0.25) is 0 Å². The summed E-state index contributed by atoms with van der Waals surface area (Å²) in [4.78, 5) is 23.7. The molecule has 2 heterocycles. The van der Waals surface area contributed by atoms with Crippen LogP contribution in [0.1, 0.15) is 58.1 Å². The summed E-state index contributed by atoms with van der Waals surface area (Å²) >= 11 is 0. The Hall–Kier alpha value is -1.67. The molecule has 0 radical (unpaired) electrons. The number of carbonyl (C=O) groups is 2. The largest absolute Gasteiger partial charge is 0.335 e. The second kappa shape index (κ2) is 20.4. The molecule has 4 amide bonds. The molecule has 0 aromatic heterocycles. The standard InChI is InChI=1S/C16H25N3O3S.C13H19N3O.CH4.H3P.U/c1-12(2)23(21,22)19-10-8-15(9-11-19)18-16(20)17-14-6-4-13(3)5-7-14;1-10-2-4-11(5-3-10)15-13(17)16-12-6-8-14-9-7-12;;;/h4-7,12,15H,8-11H2,1-3H3,(H2,17,18,20);2-5,12,14H,6-9H2,1H3,(H2,15,16,17);1H4;1H3;/i;;;1T;. The van der Waals surface area contributed by atoms with Gasteiger partial charge in [-0.1, -0.05) is 42.8 Å². The van der Waals surface area contributed by atoms with Crippen LogP contribution < -0.4 is 26.6 Å². The molecule has 2 aliphatic heterocycles. The van der Waals surface area contributed by atoms with E-state index in [9.17, 15) is 18.0 Å². The molecule has 240 valence electrons. The Morgan fingerprint density at radius 3 is 1.56 bits per heavy atom. The number of nitrogens with one attached hydrogen (secondary N) is 5. The van der Waals surface area contributed by atoms with Crippen molar-refractivity contribution in [2.24, 2.45) is 0 Å². The monoisotopic (exact) mass is 862 g/mol. The number of hydrogen-bond donors (Lipinski definition) is 5. The van der Waals surface area contributed by atoms with Crippen LogP contribution >= 0.6 is 9.84 Å². The van der Waals surface area contributed by atoms with Crippen molar-refractivity contribution in [3.63, 3.8) is 0 Å². The summed E-state index contributed by atoms with van der Waals surface area (Å²) in [6.07, 6.45) is 3.27. The minimum atomic E-state index is -3.20. The van der Waals surface area contributed by atoms with Gasteiger partial charge in [0.25, 0.3) is 0 Å². The number of piperidine rings is 2. The van der Waals surface area contributed by atoms with E-state index in [1.54, 1.807) is 23.7 Å². The average molecular weight is 863 g/mol. The number of sulfonamides is 1. The smallest absolute Gasteiger partial charge is 0.319 e. The van der Waals surface area contributed by atoms with Gasteiger partial charge < -0.3 is 26.6 Å². The number of urea groups is 2. The second-order valence-electron chi connectivity index (χ2n) is 10.7. The maximum Gasteiger partial charge on any atom is 0.319 e. The molecule has 0 aliphatic carbocycles. The van der Waals surface area contributed by atoms with Crippen molar-refractivity contribution in [1.29, 1.82) is 1.28 Å². The van der Waals surface area contributed by atoms with Gasteiger partial charge in [0.1, 0.15) is 0 Å². The number of carbonyl (C=O) groups excluding carboxylic acids is 2. The first-order valence-corrected chi connectivity index (χ1v) is 15.5. The summed E-state index contributed by atoms with van der Waals surface area (Å²) in [5.74, 6) is 0. The first-order chi connectivity index (χ1) is 20.0. The molecule has 2 aliphatic rings. The van der Waals surface area contributed by atoms with E-state index >= 15 is 0 Å². The molecule has 2 fully saturated rings. The van der Waals surface area contributed by atoms with Crippen molar-refractivity contribution >= 4 is 43.3 Å². The van der Waals surface area contributed by atoms with Crippen LogP contribution in [0.15, 0.2) is 48.5 Å². The average Bonchev–Trinajstić information content (AvgIpc) is 2.97. The van der Waals surface area contributed by atoms with Crippen molar-refractivity contribution in [3.05, 3.63) is 59.7 Å².